The number of rotatable bonds is 3. The number of allylic oxidation sites excluding steroid dienone is 2. The fourth-order valence-electron chi connectivity index (χ4n) is 0.502. The predicted molar refractivity (Wildman–Crippen MR) is 44.1 cm³/mol. The summed E-state index contributed by atoms with van der Waals surface area (Å²) in [6.07, 6.45) is 2.19. The van der Waals surface area contributed by atoms with Crippen LogP contribution in [-0.4, -0.2) is 10.7 Å². The first kappa shape index (κ1) is 10.4. The van der Waals surface area contributed by atoms with Crippen molar-refractivity contribution in [1.82, 2.24) is 0 Å². The third-order valence-corrected chi connectivity index (χ3v) is 1.23. The molecule has 0 bridgehead atoms. The van der Waals surface area contributed by atoms with Crippen LogP contribution in [0.1, 0.15) is 20.3 Å². The number of hydrogen-bond donors (Lipinski definition) is 0. The van der Waals surface area contributed by atoms with Gasteiger partial charge < -0.3 is 4.74 Å². The highest BCUT2D eigenvalue weighted by molar-refractivity contribution is 9.18. The van der Waals surface area contributed by atoms with Gasteiger partial charge in [0, 0.05) is 22.9 Å². The van der Waals surface area contributed by atoms with E-state index in [0.717, 1.165) is 0 Å². The Labute approximate surface area is 73.5 Å². The Morgan fingerprint density at radius 3 is 2.36 bits per heavy atom. The van der Waals surface area contributed by atoms with Gasteiger partial charge in [-0.3, -0.25) is 9.59 Å². The summed E-state index contributed by atoms with van der Waals surface area (Å²) in [5.74, 6) is -0.433. The van der Waals surface area contributed by atoms with Gasteiger partial charge in [-0.25, -0.2) is 0 Å². The molecule has 0 aromatic rings. The molecule has 0 N–H and O–H groups in total. The summed E-state index contributed by atoms with van der Waals surface area (Å²) in [6.45, 7) is 3.10. The molecule has 0 rings (SSSR count). The molecule has 0 fully saturated rings. The molecule has 0 radical (unpaired) electrons. The topological polar surface area (TPSA) is 43.4 Å². The second kappa shape index (κ2) is 5.07. The van der Waals surface area contributed by atoms with Crippen LogP contribution < -0.4 is 0 Å². The fourth-order valence-corrected chi connectivity index (χ4v) is 0.745. The van der Waals surface area contributed by atoms with Crippen LogP contribution in [0.4, 0.5) is 0 Å². The Hall–Kier alpha value is -0.640. The Bertz CT molecular complexity index is 196. The number of halogens is 1. The second-order valence-electron chi connectivity index (χ2n) is 1.84. The Morgan fingerprint density at radius 2 is 2.09 bits per heavy atom. The normalized spacial score (nSPS) is 11.0. The first-order valence-electron chi connectivity index (χ1n) is 3.16. The van der Waals surface area contributed by atoms with Crippen molar-refractivity contribution in [3.8, 4) is 0 Å². The highest BCUT2D eigenvalue weighted by Gasteiger charge is 2.07. The number of hydrogen-bond acceptors (Lipinski definition) is 3. The summed E-state index contributed by atoms with van der Waals surface area (Å²) in [6, 6.07) is 0. The van der Waals surface area contributed by atoms with Crippen molar-refractivity contribution >= 4 is 26.6 Å². The maximum Gasteiger partial charge on any atom is 0.308 e. The van der Waals surface area contributed by atoms with Gasteiger partial charge in [-0.1, -0.05) is 6.92 Å². The number of ether oxygens (including phenoxy) is 1. The average molecular weight is 221 g/mol. The van der Waals surface area contributed by atoms with E-state index in [4.69, 9.17) is 0 Å². The molecule has 0 aliphatic heterocycles. The molecule has 0 aromatic heterocycles. The van der Waals surface area contributed by atoms with Crippen molar-refractivity contribution in [2.24, 2.45) is 0 Å². The summed E-state index contributed by atoms with van der Waals surface area (Å²) in [4.78, 5) is 21.0. The molecule has 0 heterocycles. The van der Waals surface area contributed by atoms with E-state index in [2.05, 4.69) is 20.7 Å². The van der Waals surface area contributed by atoms with Gasteiger partial charge in [0.15, 0.2) is 5.76 Å². The summed E-state index contributed by atoms with van der Waals surface area (Å²) in [5.41, 5.74) is 0. The third kappa shape index (κ3) is 4.72. The maximum absolute atomic E-state index is 10.6. The summed E-state index contributed by atoms with van der Waals surface area (Å²) < 4.78 is 4.17. The smallest absolute Gasteiger partial charge is 0.308 e. The third-order valence-electron chi connectivity index (χ3n) is 0.837. The highest BCUT2D eigenvalue weighted by Crippen LogP contribution is 2.05. The molecule has 0 saturated heterocycles. The molecule has 62 valence electrons. The highest BCUT2D eigenvalue weighted by atomic mass is 79.9. The van der Waals surface area contributed by atoms with Crippen LogP contribution in [0.2, 0.25) is 0 Å². The van der Waals surface area contributed by atoms with Gasteiger partial charge in [0.2, 0.25) is 0 Å². The van der Waals surface area contributed by atoms with E-state index in [1.165, 1.54) is 6.92 Å². The molecular weight excluding hydrogens is 212 g/mol. The van der Waals surface area contributed by atoms with Crippen molar-refractivity contribution in [2.45, 2.75) is 20.3 Å². The molecule has 4 heteroatoms. The quantitative estimate of drug-likeness (QED) is 0.315. The Kier molecular flexibility index (Phi) is 4.77. The van der Waals surface area contributed by atoms with E-state index in [1.54, 1.807) is 6.08 Å². The van der Waals surface area contributed by atoms with Crippen molar-refractivity contribution in [3.63, 3.8) is 0 Å². The number of esters is 1. The van der Waals surface area contributed by atoms with E-state index in [1.807, 2.05) is 6.92 Å². The zero-order valence-electron chi connectivity index (χ0n) is 6.39. The molecule has 0 atom stereocenters. The van der Waals surface area contributed by atoms with Gasteiger partial charge in [-0.05, 0) is 12.5 Å². The molecule has 0 saturated carbocycles. The van der Waals surface area contributed by atoms with Crippen LogP contribution in [0.25, 0.3) is 0 Å². The fraction of sp³-hybridized carbons (Fsp3) is 0.429. The maximum atomic E-state index is 10.6. The van der Waals surface area contributed by atoms with E-state index >= 15 is 0 Å². The van der Waals surface area contributed by atoms with Crippen LogP contribution in [0, 0.1) is 0 Å². The molecule has 0 aromatic carbocycles. The summed E-state index contributed by atoms with van der Waals surface area (Å²) in [7, 11) is 0. The molecule has 0 aliphatic carbocycles. The summed E-state index contributed by atoms with van der Waals surface area (Å²) in [5, 5.41) is 0. The van der Waals surface area contributed by atoms with Gasteiger partial charge in [0.25, 0.3) is 4.69 Å². The van der Waals surface area contributed by atoms with Gasteiger partial charge >= 0.3 is 5.97 Å². The van der Waals surface area contributed by atoms with Crippen molar-refractivity contribution < 1.29 is 14.3 Å². The molecule has 0 amide bonds. The molecule has 3 nitrogen and oxygen atoms in total. The second-order valence-corrected chi connectivity index (χ2v) is 2.56. The van der Waals surface area contributed by atoms with E-state index in [-0.39, 0.29) is 5.76 Å². The van der Waals surface area contributed by atoms with Gasteiger partial charge in [0.05, 0.1) is 0 Å². The van der Waals surface area contributed by atoms with Crippen molar-refractivity contribution in [2.75, 3.05) is 0 Å². The average Bonchev–Trinajstić information content (AvgIpc) is 1.86. The Morgan fingerprint density at radius 1 is 1.55 bits per heavy atom. The lowest BCUT2D eigenvalue weighted by Crippen LogP contribution is -2.03. The van der Waals surface area contributed by atoms with E-state index < -0.39 is 10.7 Å². The zero-order chi connectivity index (χ0) is 8.85. The van der Waals surface area contributed by atoms with Crippen LogP contribution in [0.5, 0.6) is 0 Å². The lowest BCUT2D eigenvalue weighted by molar-refractivity contribution is -0.138. The molecule has 11 heavy (non-hydrogen) atoms. The zero-order valence-corrected chi connectivity index (χ0v) is 7.97. The van der Waals surface area contributed by atoms with Crippen LogP contribution in [0.15, 0.2) is 11.8 Å². The monoisotopic (exact) mass is 220 g/mol. The standard InChI is InChI=1S/C7H9BrO3/c1-3-4-6(7(8)10)11-5(2)9/h4H,3H2,1-2H3/b6-4+. The van der Waals surface area contributed by atoms with E-state index in [9.17, 15) is 9.59 Å². The first-order valence-corrected chi connectivity index (χ1v) is 3.95. The molecule has 0 aliphatic rings. The molecule has 0 spiro atoms. The van der Waals surface area contributed by atoms with E-state index in [0.29, 0.717) is 6.42 Å². The number of carbonyl (C=O) groups is 2. The van der Waals surface area contributed by atoms with Gasteiger partial charge in [0.1, 0.15) is 0 Å². The van der Waals surface area contributed by atoms with Gasteiger partial charge in [-0.2, -0.15) is 0 Å². The van der Waals surface area contributed by atoms with Crippen molar-refractivity contribution in [3.05, 3.63) is 11.8 Å². The Balaban J connectivity index is 4.23. The minimum Gasteiger partial charge on any atom is -0.422 e. The predicted octanol–water partition coefficient (Wildman–Crippen LogP) is 1.76. The first-order chi connectivity index (χ1) is 5.07. The molecule has 0 unspecified atom stereocenters. The van der Waals surface area contributed by atoms with Gasteiger partial charge in [-0.15, -0.1) is 0 Å². The minimum atomic E-state index is -0.488. The van der Waals surface area contributed by atoms with Crippen LogP contribution in [0.3, 0.4) is 0 Å². The lowest BCUT2D eigenvalue weighted by Gasteiger charge is -1.99. The molecular formula is C7H9BrO3. The number of carbonyl (C=O) groups excluding carboxylic acids is 2. The summed E-state index contributed by atoms with van der Waals surface area (Å²) >= 11 is 2.69. The van der Waals surface area contributed by atoms with Crippen LogP contribution in [-0.2, 0) is 14.3 Å². The minimum absolute atomic E-state index is 0.0556. The lowest BCUT2D eigenvalue weighted by atomic mass is 10.4. The van der Waals surface area contributed by atoms with Crippen molar-refractivity contribution in [1.29, 1.82) is 0 Å². The van der Waals surface area contributed by atoms with Crippen LogP contribution >= 0.6 is 15.9 Å². The SMILES string of the molecule is CC/C=C(/OC(C)=O)C(=O)Br. The largest absolute Gasteiger partial charge is 0.422 e.